The molecule has 0 saturated carbocycles. The van der Waals surface area contributed by atoms with Crippen LogP contribution in [0.4, 0.5) is 16.2 Å². The smallest absolute Gasteiger partial charge is 0.411 e. The molecule has 6 nitrogen and oxygen atoms in total. The van der Waals surface area contributed by atoms with Gasteiger partial charge in [0.25, 0.3) is 5.69 Å². The first kappa shape index (κ1) is 16.0. The van der Waals surface area contributed by atoms with Gasteiger partial charge in [-0.3, -0.25) is 15.4 Å². The molecular weight excluding hydrogens is 304 g/mol. The normalized spacial score (nSPS) is 10.2. The van der Waals surface area contributed by atoms with Gasteiger partial charge in [-0.2, -0.15) is 0 Å². The lowest BCUT2D eigenvalue weighted by atomic mass is 10.2. The van der Waals surface area contributed by atoms with Crippen LogP contribution in [0.25, 0.3) is 0 Å². The number of carbonyl (C=O) groups is 1. The van der Waals surface area contributed by atoms with E-state index in [1.807, 2.05) is 11.4 Å². The van der Waals surface area contributed by atoms with E-state index in [1.54, 1.807) is 23.5 Å². The van der Waals surface area contributed by atoms with Crippen LogP contribution in [-0.2, 0) is 17.8 Å². The van der Waals surface area contributed by atoms with Crippen LogP contribution in [0.5, 0.6) is 0 Å². The van der Waals surface area contributed by atoms with Gasteiger partial charge < -0.3 is 4.74 Å². The number of benzene rings is 1. The third kappa shape index (κ3) is 4.29. The van der Waals surface area contributed by atoms with E-state index in [-0.39, 0.29) is 12.3 Å². The van der Waals surface area contributed by atoms with E-state index in [1.165, 1.54) is 12.1 Å². The topological polar surface area (TPSA) is 81.5 Å². The molecule has 0 bridgehead atoms. The van der Waals surface area contributed by atoms with Gasteiger partial charge in [0.15, 0.2) is 0 Å². The maximum absolute atomic E-state index is 11.8. The number of non-ortho nitro benzene ring substituents is 1. The number of anilines is 1. The van der Waals surface area contributed by atoms with Crippen molar-refractivity contribution in [3.8, 4) is 0 Å². The van der Waals surface area contributed by atoms with Crippen LogP contribution in [0.2, 0.25) is 0 Å². The third-order valence-electron chi connectivity index (χ3n) is 2.98. The summed E-state index contributed by atoms with van der Waals surface area (Å²) in [5, 5.41) is 15.2. The average molecular weight is 320 g/mol. The molecule has 1 aromatic heterocycles. The van der Waals surface area contributed by atoms with E-state index in [0.717, 1.165) is 23.4 Å². The largest absolute Gasteiger partial charge is 0.444 e. The number of aryl methyl sites for hydroxylation is 1. The van der Waals surface area contributed by atoms with Crippen molar-refractivity contribution in [2.24, 2.45) is 0 Å². The molecular formula is C15H16N2O4S. The molecule has 0 spiro atoms. The molecule has 0 unspecified atom stereocenters. The minimum atomic E-state index is -0.533. The molecule has 0 radical (unpaired) electrons. The molecule has 0 fully saturated rings. The summed E-state index contributed by atoms with van der Waals surface area (Å²) >= 11 is 1.60. The molecule has 1 N–H and O–H groups in total. The first-order valence-corrected chi connectivity index (χ1v) is 7.71. The fraction of sp³-hybridized carbons (Fsp3) is 0.267. The van der Waals surface area contributed by atoms with Crippen LogP contribution in [0.1, 0.15) is 23.8 Å². The molecule has 22 heavy (non-hydrogen) atoms. The summed E-state index contributed by atoms with van der Waals surface area (Å²) < 4.78 is 5.12. The minimum Gasteiger partial charge on any atom is -0.444 e. The van der Waals surface area contributed by atoms with Gasteiger partial charge in [-0.15, -0.1) is 11.3 Å². The second-order valence-corrected chi connectivity index (χ2v) is 5.63. The zero-order chi connectivity index (χ0) is 15.9. The Morgan fingerprint density at radius 3 is 2.68 bits per heavy atom. The Hall–Kier alpha value is -2.41. The van der Waals surface area contributed by atoms with Gasteiger partial charge in [0.2, 0.25) is 0 Å². The summed E-state index contributed by atoms with van der Waals surface area (Å²) in [6.45, 7) is 2.15. The molecule has 0 aliphatic carbocycles. The SMILES string of the molecule is CCCc1sccc1NC(=O)OCc1ccc([N+](=O)[O-])cc1. The average Bonchev–Trinajstić information content (AvgIpc) is 2.93. The number of nitrogens with one attached hydrogen (secondary N) is 1. The van der Waals surface area contributed by atoms with Crippen molar-refractivity contribution in [3.63, 3.8) is 0 Å². The lowest BCUT2D eigenvalue weighted by molar-refractivity contribution is -0.384. The van der Waals surface area contributed by atoms with Gasteiger partial charge in [0, 0.05) is 17.0 Å². The van der Waals surface area contributed by atoms with E-state index in [9.17, 15) is 14.9 Å². The van der Waals surface area contributed by atoms with Crippen molar-refractivity contribution in [2.75, 3.05) is 5.32 Å². The fourth-order valence-electron chi connectivity index (χ4n) is 1.88. The van der Waals surface area contributed by atoms with Gasteiger partial charge in [0.1, 0.15) is 6.61 Å². The highest BCUT2D eigenvalue weighted by molar-refractivity contribution is 7.10. The number of rotatable bonds is 6. The number of ether oxygens (including phenoxy) is 1. The second kappa shape index (κ2) is 7.56. The van der Waals surface area contributed by atoms with Gasteiger partial charge >= 0.3 is 6.09 Å². The zero-order valence-corrected chi connectivity index (χ0v) is 12.9. The number of thiophene rings is 1. The standard InChI is InChI=1S/C15H16N2O4S/c1-2-3-14-13(8-9-22-14)16-15(18)21-10-11-4-6-12(7-5-11)17(19)20/h4-9H,2-3,10H2,1H3,(H,16,18). The molecule has 0 aliphatic rings. The van der Waals surface area contributed by atoms with Crippen molar-refractivity contribution in [2.45, 2.75) is 26.4 Å². The van der Waals surface area contributed by atoms with Crippen LogP contribution in [0.3, 0.4) is 0 Å². The number of nitro benzene ring substituents is 1. The van der Waals surface area contributed by atoms with Crippen LogP contribution >= 0.6 is 11.3 Å². The van der Waals surface area contributed by atoms with Crippen LogP contribution in [0, 0.1) is 10.1 Å². The molecule has 0 saturated heterocycles. The number of amides is 1. The van der Waals surface area contributed by atoms with Crippen molar-refractivity contribution in [1.82, 2.24) is 0 Å². The predicted molar refractivity (Wildman–Crippen MR) is 85.2 cm³/mol. The zero-order valence-electron chi connectivity index (χ0n) is 12.1. The van der Waals surface area contributed by atoms with Gasteiger partial charge in [0.05, 0.1) is 10.6 Å². The fourth-order valence-corrected chi connectivity index (χ4v) is 2.82. The molecule has 116 valence electrons. The minimum absolute atomic E-state index is 0.00989. The van der Waals surface area contributed by atoms with Crippen LogP contribution in [-0.4, -0.2) is 11.0 Å². The summed E-state index contributed by atoms with van der Waals surface area (Å²) in [6.07, 6.45) is 1.39. The van der Waals surface area contributed by atoms with Gasteiger partial charge in [-0.25, -0.2) is 4.79 Å². The van der Waals surface area contributed by atoms with E-state index in [0.29, 0.717) is 5.56 Å². The number of nitro groups is 1. The summed E-state index contributed by atoms with van der Waals surface area (Å²) in [6, 6.07) is 7.75. The number of hydrogen-bond acceptors (Lipinski definition) is 5. The van der Waals surface area contributed by atoms with Crippen molar-refractivity contribution in [3.05, 3.63) is 56.3 Å². The highest BCUT2D eigenvalue weighted by Gasteiger charge is 2.09. The van der Waals surface area contributed by atoms with Gasteiger partial charge in [-0.1, -0.05) is 13.3 Å². The Labute approximate surface area is 131 Å². The monoisotopic (exact) mass is 320 g/mol. The first-order valence-electron chi connectivity index (χ1n) is 6.83. The predicted octanol–water partition coefficient (Wildman–Crippen LogP) is 4.36. The lowest BCUT2D eigenvalue weighted by Crippen LogP contribution is -2.13. The lowest BCUT2D eigenvalue weighted by Gasteiger charge is -2.07. The van der Waals surface area contributed by atoms with Crippen LogP contribution < -0.4 is 5.32 Å². The van der Waals surface area contributed by atoms with E-state index in [2.05, 4.69) is 12.2 Å². The maximum Gasteiger partial charge on any atom is 0.411 e. The Kier molecular flexibility index (Phi) is 5.48. The summed E-state index contributed by atoms with van der Waals surface area (Å²) in [5.74, 6) is 0. The third-order valence-corrected chi connectivity index (χ3v) is 3.96. The van der Waals surface area contributed by atoms with Crippen molar-refractivity contribution < 1.29 is 14.5 Å². The highest BCUT2D eigenvalue weighted by Crippen LogP contribution is 2.24. The Morgan fingerprint density at radius 1 is 1.32 bits per heavy atom. The van der Waals surface area contributed by atoms with Crippen molar-refractivity contribution >= 4 is 28.8 Å². The molecule has 1 amide bonds. The molecule has 0 aliphatic heterocycles. The molecule has 0 atom stereocenters. The second-order valence-electron chi connectivity index (χ2n) is 4.63. The number of hydrogen-bond donors (Lipinski definition) is 1. The Balaban J connectivity index is 1.87. The van der Waals surface area contributed by atoms with Crippen molar-refractivity contribution in [1.29, 1.82) is 0 Å². The van der Waals surface area contributed by atoms with Crippen LogP contribution in [0.15, 0.2) is 35.7 Å². The summed E-state index contributed by atoms with van der Waals surface area (Å²) in [4.78, 5) is 23.0. The molecule has 1 heterocycles. The number of nitrogens with zero attached hydrogens (tertiary/aromatic N) is 1. The number of carbonyl (C=O) groups excluding carboxylic acids is 1. The molecule has 2 rings (SSSR count). The summed E-state index contributed by atoms with van der Waals surface area (Å²) in [5.41, 5.74) is 1.48. The molecule has 1 aromatic carbocycles. The Morgan fingerprint density at radius 2 is 2.05 bits per heavy atom. The first-order chi connectivity index (χ1) is 10.6. The van der Waals surface area contributed by atoms with E-state index in [4.69, 9.17) is 4.74 Å². The molecule has 7 heteroatoms. The van der Waals surface area contributed by atoms with Gasteiger partial charge in [-0.05, 0) is 35.6 Å². The van der Waals surface area contributed by atoms with E-state index >= 15 is 0 Å². The van der Waals surface area contributed by atoms with E-state index < -0.39 is 11.0 Å². The molecule has 2 aromatic rings. The maximum atomic E-state index is 11.8. The quantitative estimate of drug-likeness (QED) is 0.633. The Bertz CT molecular complexity index is 652. The summed E-state index contributed by atoms with van der Waals surface area (Å²) in [7, 11) is 0. The highest BCUT2D eigenvalue weighted by atomic mass is 32.1.